The lowest BCUT2D eigenvalue weighted by molar-refractivity contribution is 0.107. The Morgan fingerprint density at radius 2 is 2.05 bits per heavy atom. The fourth-order valence-corrected chi connectivity index (χ4v) is 3.99. The van der Waals surface area contributed by atoms with Crippen molar-refractivity contribution in [3.05, 3.63) is 0 Å². The molecule has 1 unspecified atom stereocenters. The molecule has 0 aromatic heterocycles. The van der Waals surface area contributed by atoms with Gasteiger partial charge in [0.1, 0.15) is 0 Å². The van der Waals surface area contributed by atoms with E-state index < -0.39 is 0 Å². The van der Waals surface area contributed by atoms with Crippen LogP contribution in [0.5, 0.6) is 0 Å². The Balaban J connectivity index is 1.85. The third-order valence-corrected chi connectivity index (χ3v) is 5.00. The Hall–Kier alpha value is -0.120. The van der Waals surface area contributed by atoms with Gasteiger partial charge in [-0.3, -0.25) is 0 Å². The van der Waals surface area contributed by atoms with E-state index in [1.165, 1.54) is 64.7 Å². The summed E-state index contributed by atoms with van der Waals surface area (Å²) in [4.78, 5) is 2.70. The Morgan fingerprint density at radius 3 is 2.74 bits per heavy atom. The minimum Gasteiger partial charge on any atom is -0.384 e. The molecule has 3 nitrogen and oxygen atoms in total. The molecule has 19 heavy (non-hydrogen) atoms. The van der Waals surface area contributed by atoms with Crippen LogP contribution in [0.3, 0.4) is 0 Å². The highest BCUT2D eigenvalue weighted by Crippen LogP contribution is 2.37. The second-order valence-corrected chi connectivity index (χ2v) is 6.69. The van der Waals surface area contributed by atoms with Crippen molar-refractivity contribution in [3.8, 4) is 0 Å². The molecule has 0 spiro atoms. The SMILES string of the molecule is CCNCC1(CN2CCC(COC)C2)CCCCC1. The third kappa shape index (κ3) is 4.44. The summed E-state index contributed by atoms with van der Waals surface area (Å²) in [6, 6.07) is 0. The van der Waals surface area contributed by atoms with E-state index in [9.17, 15) is 0 Å². The summed E-state index contributed by atoms with van der Waals surface area (Å²) in [7, 11) is 1.83. The normalized spacial score (nSPS) is 27.8. The molecular weight excluding hydrogens is 236 g/mol. The van der Waals surface area contributed by atoms with Crippen molar-refractivity contribution in [1.29, 1.82) is 0 Å². The summed E-state index contributed by atoms with van der Waals surface area (Å²) in [6.45, 7) is 9.32. The molecule has 0 amide bonds. The van der Waals surface area contributed by atoms with Gasteiger partial charge in [0.25, 0.3) is 0 Å². The smallest absolute Gasteiger partial charge is 0.0503 e. The van der Waals surface area contributed by atoms with Gasteiger partial charge in [0.05, 0.1) is 6.61 Å². The molecule has 0 bridgehead atoms. The van der Waals surface area contributed by atoms with Gasteiger partial charge in [-0.05, 0) is 43.7 Å². The maximum Gasteiger partial charge on any atom is 0.0503 e. The number of methoxy groups -OCH3 is 1. The molecule has 1 heterocycles. The first-order chi connectivity index (χ1) is 9.28. The topological polar surface area (TPSA) is 24.5 Å². The predicted octanol–water partition coefficient (Wildman–Crippen LogP) is 2.51. The quantitative estimate of drug-likeness (QED) is 0.768. The van der Waals surface area contributed by atoms with Crippen molar-refractivity contribution in [2.45, 2.75) is 45.4 Å². The van der Waals surface area contributed by atoms with Crippen molar-refractivity contribution in [2.24, 2.45) is 11.3 Å². The zero-order valence-corrected chi connectivity index (χ0v) is 12.9. The number of hydrogen-bond donors (Lipinski definition) is 1. The van der Waals surface area contributed by atoms with Gasteiger partial charge >= 0.3 is 0 Å². The number of ether oxygens (including phenoxy) is 1. The number of likely N-dealkylation sites (tertiary alicyclic amines) is 1. The Morgan fingerprint density at radius 1 is 1.26 bits per heavy atom. The van der Waals surface area contributed by atoms with Gasteiger partial charge in [-0.2, -0.15) is 0 Å². The lowest BCUT2D eigenvalue weighted by Crippen LogP contribution is -2.45. The number of rotatable bonds is 7. The van der Waals surface area contributed by atoms with E-state index in [0.717, 1.165) is 19.1 Å². The first-order valence-corrected chi connectivity index (χ1v) is 8.20. The molecule has 1 saturated heterocycles. The second-order valence-electron chi connectivity index (χ2n) is 6.69. The molecule has 1 atom stereocenters. The third-order valence-electron chi connectivity index (χ3n) is 5.00. The van der Waals surface area contributed by atoms with Crippen LogP contribution in [0.4, 0.5) is 0 Å². The fraction of sp³-hybridized carbons (Fsp3) is 1.00. The van der Waals surface area contributed by atoms with Crippen molar-refractivity contribution in [1.82, 2.24) is 10.2 Å². The number of nitrogens with one attached hydrogen (secondary N) is 1. The zero-order valence-electron chi connectivity index (χ0n) is 12.9. The molecule has 1 N–H and O–H groups in total. The fourth-order valence-electron chi connectivity index (χ4n) is 3.99. The average Bonchev–Trinajstić information content (AvgIpc) is 2.85. The number of nitrogens with zero attached hydrogens (tertiary/aromatic N) is 1. The lowest BCUT2D eigenvalue weighted by Gasteiger charge is -2.40. The van der Waals surface area contributed by atoms with Crippen molar-refractivity contribution >= 4 is 0 Å². The van der Waals surface area contributed by atoms with Crippen LogP contribution in [-0.2, 0) is 4.74 Å². The maximum atomic E-state index is 5.32. The van der Waals surface area contributed by atoms with E-state index in [1.807, 2.05) is 7.11 Å². The molecular formula is C16H32N2O. The van der Waals surface area contributed by atoms with Gasteiger partial charge in [-0.1, -0.05) is 26.2 Å². The minimum absolute atomic E-state index is 0.552. The standard InChI is InChI=1S/C16H32N2O/c1-3-17-13-16(8-5-4-6-9-16)14-18-10-7-15(11-18)12-19-2/h15,17H,3-14H2,1-2H3. The summed E-state index contributed by atoms with van der Waals surface area (Å²) >= 11 is 0. The van der Waals surface area contributed by atoms with Crippen LogP contribution in [0.25, 0.3) is 0 Å². The maximum absolute atomic E-state index is 5.32. The van der Waals surface area contributed by atoms with E-state index >= 15 is 0 Å². The van der Waals surface area contributed by atoms with E-state index in [1.54, 1.807) is 0 Å². The summed E-state index contributed by atoms with van der Waals surface area (Å²) in [5, 5.41) is 3.62. The molecule has 2 fully saturated rings. The van der Waals surface area contributed by atoms with Gasteiger partial charge in [0.2, 0.25) is 0 Å². The van der Waals surface area contributed by atoms with E-state index in [2.05, 4.69) is 17.1 Å². The molecule has 0 radical (unpaired) electrons. The van der Waals surface area contributed by atoms with Crippen LogP contribution < -0.4 is 5.32 Å². The highest BCUT2D eigenvalue weighted by Gasteiger charge is 2.35. The summed E-state index contributed by atoms with van der Waals surface area (Å²) in [5.41, 5.74) is 0.552. The van der Waals surface area contributed by atoms with Crippen LogP contribution >= 0.6 is 0 Å². The van der Waals surface area contributed by atoms with Gasteiger partial charge in [0, 0.05) is 26.7 Å². The van der Waals surface area contributed by atoms with Crippen LogP contribution in [0, 0.1) is 11.3 Å². The molecule has 1 aliphatic heterocycles. The highest BCUT2D eigenvalue weighted by molar-refractivity contribution is 4.90. The summed E-state index contributed by atoms with van der Waals surface area (Å²) in [6.07, 6.45) is 8.48. The van der Waals surface area contributed by atoms with Gasteiger partial charge in [0.15, 0.2) is 0 Å². The molecule has 112 valence electrons. The van der Waals surface area contributed by atoms with Crippen molar-refractivity contribution in [3.63, 3.8) is 0 Å². The van der Waals surface area contributed by atoms with Crippen LogP contribution in [-0.4, -0.2) is 51.3 Å². The monoisotopic (exact) mass is 268 g/mol. The van der Waals surface area contributed by atoms with E-state index in [-0.39, 0.29) is 0 Å². The molecule has 3 heteroatoms. The zero-order chi connectivity index (χ0) is 13.6. The van der Waals surface area contributed by atoms with Crippen molar-refractivity contribution < 1.29 is 4.74 Å². The van der Waals surface area contributed by atoms with Crippen LogP contribution in [0.2, 0.25) is 0 Å². The average molecular weight is 268 g/mol. The molecule has 0 aromatic rings. The molecule has 0 aromatic carbocycles. The highest BCUT2D eigenvalue weighted by atomic mass is 16.5. The Bertz CT molecular complexity index is 251. The van der Waals surface area contributed by atoms with Gasteiger partial charge in [-0.15, -0.1) is 0 Å². The second kappa shape index (κ2) is 7.61. The first-order valence-electron chi connectivity index (χ1n) is 8.20. The Labute approximate surface area is 119 Å². The van der Waals surface area contributed by atoms with Crippen LogP contribution in [0.15, 0.2) is 0 Å². The number of hydrogen-bond acceptors (Lipinski definition) is 3. The van der Waals surface area contributed by atoms with Crippen LogP contribution in [0.1, 0.15) is 45.4 Å². The van der Waals surface area contributed by atoms with E-state index in [4.69, 9.17) is 4.74 Å². The first kappa shape index (κ1) is 15.3. The Kier molecular flexibility index (Phi) is 6.11. The minimum atomic E-state index is 0.552. The molecule has 2 rings (SSSR count). The molecule has 2 aliphatic rings. The summed E-state index contributed by atoms with van der Waals surface area (Å²) < 4.78 is 5.32. The molecule has 1 aliphatic carbocycles. The molecule has 1 saturated carbocycles. The van der Waals surface area contributed by atoms with Gasteiger partial charge < -0.3 is 15.0 Å². The summed E-state index contributed by atoms with van der Waals surface area (Å²) in [5.74, 6) is 0.768. The lowest BCUT2D eigenvalue weighted by atomic mass is 9.73. The van der Waals surface area contributed by atoms with Gasteiger partial charge in [-0.25, -0.2) is 0 Å². The van der Waals surface area contributed by atoms with E-state index in [0.29, 0.717) is 5.41 Å². The largest absolute Gasteiger partial charge is 0.384 e. The van der Waals surface area contributed by atoms with Crippen molar-refractivity contribution in [2.75, 3.05) is 46.4 Å². The predicted molar refractivity (Wildman–Crippen MR) is 80.5 cm³/mol.